The minimum atomic E-state index is 0.457. The van der Waals surface area contributed by atoms with Crippen LogP contribution in [0.1, 0.15) is 43.2 Å². The fraction of sp³-hybridized carbons (Fsp3) is 0.647. The number of nitrogens with two attached hydrogens (primary N) is 1. The van der Waals surface area contributed by atoms with Crippen LogP contribution in [0.4, 0.5) is 5.69 Å². The Bertz CT molecular complexity index is 510. The van der Waals surface area contributed by atoms with Gasteiger partial charge in [0.15, 0.2) is 0 Å². The Morgan fingerprint density at radius 3 is 3.05 bits per heavy atom. The van der Waals surface area contributed by atoms with Crippen LogP contribution in [0.25, 0.3) is 0 Å². The summed E-state index contributed by atoms with van der Waals surface area (Å²) in [5, 5.41) is 0. The number of likely N-dealkylation sites (tertiary alicyclic amines) is 1. The van der Waals surface area contributed by atoms with E-state index in [1.807, 2.05) is 0 Å². The lowest BCUT2D eigenvalue weighted by Gasteiger charge is -2.58. The molecule has 2 nitrogen and oxygen atoms in total. The number of benzene rings is 1. The Morgan fingerprint density at radius 2 is 2.16 bits per heavy atom. The second-order valence-electron chi connectivity index (χ2n) is 6.93. The van der Waals surface area contributed by atoms with Gasteiger partial charge in [0, 0.05) is 17.1 Å². The molecule has 3 aliphatic rings. The van der Waals surface area contributed by atoms with Crippen molar-refractivity contribution < 1.29 is 0 Å². The van der Waals surface area contributed by atoms with Crippen LogP contribution in [-0.4, -0.2) is 24.5 Å². The second kappa shape index (κ2) is 3.99. The molecule has 1 aromatic carbocycles. The molecule has 2 bridgehead atoms. The van der Waals surface area contributed by atoms with Crippen molar-refractivity contribution in [2.75, 3.05) is 19.3 Å². The van der Waals surface area contributed by atoms with Crippen LogP contribution in [0.3, 0.4) is 0 Å². The van der Waals surface area contributed by atoms with Crippen LogP contribution in [0, 0.1) is 5.92 Å². The van der Waals surface area contributed by atoms with Crippen molar-refractivity contribution in [2.45, 2.75) is 50.0 Å². The molecular weight excluding hydrogens is 232 g/mol. The highest BCUT2D eigenvalue weighted by atomic mass is 15.1. The van der Waals surface area contributed by atoms with Crippen LogP contribution < -0.4 is 5.73 Å². The molecule has 2 heteroatoms. The van der Waals surface area contributed by atoms with E-state index in [9.17, 15) is 0 Å². The van der Waals surface area contributed by atoms with Gasteiger partial charge in [-0.15, -0.1) is 0 Å². The first-order valence-corrected chi connectivity index (χ1v) is 7.80. The fourth-order valence-electron chi connectivity index (χ4n) is 5.21. The number of rotatable bonds is 0. The maximum Gasteiger partial charge on any atom is 0.0317 e. The summed E-state index contributed by atoms with van der Waals surface area (Å²) >= 11 is 0. The Balaban J connectivity index is 1.90. The first kappa shape index (κ1) is 11.8. The quantitative estimate of drug-likeness (QED) is 0.723. The SMILES string of the molecule is CN1CC[C@@]23CCCCC2[C@H]1Cc1ccc(N)cc13. The molecule has 1 saturated carbocycles. The Labute approximate surface area is 116 Å². The number of anilines is 1. The summed E-state index contributed by atoms with van der Waals surface area (Å²) < 4.78 is 0. The molecule has 0 spiro atoms. The van der Waals surface area contributed by atoms with Crippen LogP contribution in [0.5, 0.6) is 0 Å². The maximum atomic E-state index is 6.09. The summed E-state index contributed by atoms with van der Waals surface area (Å²) in [5.41, 5.74) is 10.7. The molecule has 1 unspecified atom stereocenters. The van der Waals surface area contributed by atoms with Crippen LogP contribution in [0.15, 0.2) is 18.2 Å². The number of hydrogen-bond acceptors (Lipinski definition) is 2. The zero-order valence-electron chi connectivity index (χ0n) is 11.9. The van der Waals surface area contributed by atoms with Crippen molar-refractivity contribution >= 4 is 5.69 Å². The zero-order valence-corrected chi connectivity index (χ0v) is 11.9. The minimum absolute atomic E-state index is 0.457. The van der Waals surface area contributed by atoms with Crippen molar-refractivity contribution in [2.24, 2.45) is 5.92 Å². The number of nitrogens with zero attached hydrogens (tertiary/aromatic N) is 1. The van der Waals surface area contributed by atoms with Gasteiger partial charge < -0.3 is 10.6 Å². The van der Waals surface area contributed by atoms with Gasteiger partial charge in [-0.25, -0.2) is 0 Å². The third-order valence-electron chi connectivity index (χ3n) is 6.14. The normalized spacial score (nSPS) is 37.5. The average molecular weight is 256 g/mol. The van der Waals surface area contributed by atoms with Gasteiger partial charge in [-0.05, 0) is 68.5 Å². The average Bonchev–Trinajstić information content (AvgIpc) is 2.43. The predicted octanol–water partition coefficient (Wildman–Crippen LogP) is 2.96. The molecule has 0 radical (unpaired) electrons. The van der Waals surface area contributed by atoms with Gasteiger partial charge >= 0.3 is 0 Å². The molecule has 2 N–H and O–H groups in total. The molecule has 2 fully saturated rings. The highest BCUT2D eigenvalue weighted by molar-refractivity contribution is 5.51. The van der Waals surface area contributed by atoms with Gasteiger partial charge in [-0.1, -0.05) is 18.9 Å². The predicted molar refractivity (Wildman–Crippen MR) is 79.2 cm³/mol. The van der Waals surface area contributed by atoms with Crippen molar-refractivity contribution in [3.63, 3.8) is 0 Å². The molecule has 0 amide bonds. The molecule has 1 saturated heterocycles. The number of nitrogen functional groups attached to an aromatic ring is 1. The summed E-state index contributed by atoms with van der Waals surface area (Å²) in [5.74, 6) is 0.870. The molecule has 1 heterocycles. The lowest BCUT2D eigenvalue weighted by molar-refractivity contribution is 0.00291. The Kier molecular flexibility index (Phi) is 2.47. The van der Waals surface area contributed by atoms with E-state index in [1.165, 1.54) is 45.1 Å². The van der Waals surface area contributed by atoms with E-state index in [4.69, 9.17) is 5.73 Å². The van der Waals surface area contributed by atoms with Gasteiger partial charge in [-0.3, -0.25) is 0 Å². The van der Waals surface area contributed by atoms with E-state index in [0.717, 1.165) is 17.6 Å². The number of piperidine rings is 1. The number of hydrogen-bond donors (Lipinski definition) is 1. The van der Waals surface area contributed by atoms with Gasteiger partial charge in [-0.2, -0.15) is 0 Å². The third kappa shape index (κ3) is 1.53. The monoisotopic (exact) mass is 256 g/mol. The third-order valence-corrected chi connectivity index (χ3v) is 6.14. The van der Waals surface area contributed by atoms with Crippen LogP contribution in [0.2, 0.25) is 0 Å². The Hall–Kier alpha value is -1.02. The molecule has 102 valence electrons. The standard InChI is InChI=1S/C17H24N2/c1-19-9-8-17-7-3-2-4-14(17)16(19)10-12-5-6-13(18)11-15(12)17/h5-6,11,14,16H,2-4,7-10,18H2,1H3/t14?,16-,17+/m1/s1. The molecule has 1 aromatic rings. The van der Waals surface area contributed by atoms with E-state index in [0.29, 0.717) is 5.41 Å². The van der Waals surface area contributed by atoms with Gasteiger partial charge in [0.05, 0.1) is 0 Å². The summed E-state index contributed by atoms with van der Waals surface area (Å²) in [7, 11) is 2.32. The molecule has 2 aliphatic carbocycles. The number of fused-ring (bicyclic) bond motifs is 1. The van der Waals surface area contributed by atoms with Crippen molar-refractivity contribution in [1.82, 2.24) is 4.90 Å². The summed E-state index contributed by atoms with van der Waals surface area (Å²) in [4.78, 5) is 2.62. The summed E-state index contributed by atoms with van der Waals surface area (Å²) in [6.45, 7) is 1.26. The molecular formula is C17H24N2. The Morgan fingerprint density at radius 1 is 1.26 bits per heavy atom. The van der Waals surface area contributed by atoms with Crippen molar-refractivity contribution in [3.05, 3.63) is 29.3 Å². The molecule has 4 rings (SSSR count). The van der Waals surface area contributed by atoms with E-state index >= 15 is 0 Å². The van der Waals surface area contributed by atoms with Crippen LogP contribution >= 0.6 is 0 Å². The minimum Gasteiger partial charge on any atom is -0.399 e. The molecule has 19 heavy (non-hydrogen) atoms. The fourth-order valence-corrected chi connectivity index (χ4v) is 5.21. The van der Waals surface area contributed by atoms with Gasteiger partial charge in [0.2, 0.25) is 0 Å². The molecule has 0 aromatic heterocycles. The highest BCUT2D eigenvalue weighted by Crippen LogP contribution is 2.55. The molecule has 1 aliphatic heterocycles. The van der Waals surface area contributed by atoms with E-state index in [-0.39, 0.29) is 0 Å². The molecule has 3 atom stereocenters. The number of likely N-dealkylation sites (N-methyl/N-ethyl adjacent to an activating group) is 1. The zero-order chi connectivity index (χ0) is 13.0. The summed E-state index contributed by atoms with van der Waals surface area (Å²) in [6.07, 6.45) is 8.21. The highest BCUT2D eigenvalue weighted by Gasteiger charge is 2.52. The maximum absolute atomic E-state index is 6.09. The van der Waals surface area contributed by atoms with Crippen molar-refractivity contribution in [1.29, 1.82) is 0 Å². The van der Waals surface area contributed by atoms with Crippen LogP contribution in [-0.2, 0) is 11.8 Å². The smallest absolute Gasteiger partial charge is 0.0317 e. The topological polar surface area (TPSA) is 29.3 Å². The van der Waals surface area contributed by atoms with Crippen molar-refractivity contribution in [3.8, 4) is 0 Å². The largest absolute Gasteiger partial charge is 0.399 e. The summed E-state index contributed by atoms with van der Waals surface area (Å²) in [6, 6.07) is 7.46. The lowest BCUT2D eigenvalue weighted by atomic mass is 9.52. The van der Waals surface area contributed by atoms with Gasteiger partial charge in [0.25, 0.3) is 0 Å². The van der Waals surface area contributed by atoms with Gasteiger partial charge in [0.1, 0.15) is 0 Å². The second-order valence-corrected chi connectivity index (χ2v) is 6.93. The van der Waals surface area contributed by atoms with E-state index in [1.54, 1.807) is 11.1 Å². The van der Waals surface area contributed by atoms with E-state index in [2.05, 4.69) is 30.1 Å². The lowest BCUT2D eigenvalue weighted by Crippen LogP contribution is -2.59. The first-order chi connectivity index (χ1) is 9.21. The van der Waals surface area contributed by atoms with E-state index < -0.39 is 0 Å². The first-order valence-electron chi connectivity index (χ1n) is 7.80.